The molecule has 128 valence electrons. The van der Waals surface area contributed by atoms with Crippen LogP contribution in [0.1, 0.15) is 21.4 Å². The maximum atomic E-state index is 12.0. The van der Waals surface area contributed by atoms with Crippen molar-refractivity contribution in [1.29, 1.82) is 0 Å². The molecule has 1 aromatic heterocycles. The molecule has 1 atom stereocenters. The highest BCUT2D eigenvalue weighted by Crippen LogP contribution is 2.25. The normalized spacial score (nSPS) is 11.8. The number of nitrogens with one attached hydrogen (secondary N) is 2. The number of carbonyl (C=O) groups excluding carboxylic acids is 2. The number of halogens is 1. The number of ether oxygens (including phenoxy) is 1. The monoisotopic (exact) mass is 366 g/mol. The minimum Gasteiger partial charge on any atom is -0.374 e. The van der Waals surface area contributed by atoms with Crippen LogP contribution in [0.15, 0.2) is 30.3 Å². The van der Waals surface area contributed by atoms with Crippen molar-refractivity contribution in [1.82, 2.24) is 5.32 Å². The maximum absolute atomic E-state index is 12.0. The molecule has 0 saturated heterocycles. The lowest BCUT2D eigenvalue weighted by Crippen LogP contribution is -2.38. The number of anilines is 1. The van der Waals surface area contributed by atoms with Gasteiger partial charge in [-0.05, 0) is 43.7 Å². The van der Waals surface area contributed by atoms with Gasteiger partial charge in [-0.25, -0.2) is 0 Å². The molecule has 0 spiro atoms. The van der Waals surface area contributed by atoms with Gasteiger partial charge in [0.05, 0.1) is 0 Å². The Morgan fingerprint density at radius 1 is 1.21 bits per heavy atom. The molecule has 1 heterocycles. The Kier molecular flexibility index (Phi) is 6.36. The number of carbonyl (C=O) groups is 2. The Morgan fingerprint density at radius 3 is 2.58 bits per heavy atom. The maximum Gasteiger partial charge on any atom is 0.313 e. The van der Waals surface area contributed by atoms with E-state index in [0.29, 0.717) is 16.3 Å². The minimum absolute atomic E-state index is 0.219. The lowest BCUT2D eigenvalue weighted by molar-refractivity contribution is -0.136. The quantitative estimate of drug-likeness (QED) is 0.796. The Hall–Kier alpha value is -1.89. The molecule has 0 fully saturated rings. The molecule has 2 rings (SSSR count). The Bertz CT molecular complexity index is 745. The summed E-state index contributed by atoms with van der Waals surface area (Å²) in [4.78, 5) is 26.2. The predicted molar refractivity (Wildman–Crippen MR) is 96.6 cm³/mol. The van der Waals surface area contributed by atoms with Gasteiger partial charge in [0, 0.05) is 34.1 Å². The first-order valence-electron chi connectivity index (χ1n) is 7.35. The van der Waals surface area contributed by atoms with Gasteiger partial charge in [-0.1, -0.05) is 17.7 Å². The van der Waals surface area contributed by atoms with Crippen LogP contribution in [0, 0.1) is 13.8 Å². The van der Waals surface area contributed by atoms with E-state index in [1.807, 2.05) is 19.1 Å². The molecule has 5 nitrogen and oxygen atoms in total. The van der Waals surface area contributed by atoms with Gasteiger partial charge in [0.25, 0.3) is 0 Å². The molecule has 0 aliphatic heterocycles. The lowest BCUT2D eigenvalue weighted by atomic mass is 10.2. The van der Waals surface area contributed by atoms with E-state index in [0.717, 1.165) is 9.75 Å². The molecule has 1 aromatic carbocycles. The third-order valence-electron chi connectivity index (χ3n) is 3.53. The molecule has 0 radical (unpaired) electrons. The average Bonchev–Trinajstić information content (AvgIpc) is 2.98. The number of hydrogen-bond acceptors (Lipinski definition) is 4. The number of aryl methyl sites for hydroxylation is 1. The average molecular weight is 367 g/mol. The smallest absolute Gasteiger partial charge is 0.313 e. The van der Waals surface area contributed by atoms with Crippen molar-refractivity contribution in [2.24, 2.45) is 0 Å². The fourth-order valence-electron chi connectivity index (χ4n) is 2.11. The summed E-state index contributed by atoms with van der Waals surface area (Å²) in [5.41, 5.74) is 1.23. The predicted octanol–water partition coefficient (Wildman–Crippen LogP) is 3.46. The molecule has 1 unspecified atom stereocenters. The van der Waals surface area contributed by atoms with E-state index in [1.165, 1.54) is 0 Å². The first-order valence-corrected chi connectivity index (χ1v) is 8.55. The number of benzene rings is 1. The first kappa shape index (κ1) is 18.4. The fraction of sp³-hybridized carbons (Fsp3) is 0.294. The van der Waals surface area contributed by atoms with Gasteiger partial charge < -0.3 is 15.4 Å². The van der Waals surface area contributed by atoms with Gasteiger partial charge >= 0.3 is 11.8 Å². The van der Waals surface area contributed by atoms with E-state index in [4.69, 9.17) is 16.3 Å². The number of methoxy groups -OCH3 is 1. The molecule has 2 aromatic rings. The second kappa shape index (κ2) is 8.28. The zero-order valence-corrected chi connectivity index (χ0v) is 15.3. The summed E-state index contributed by atoms with van der Waals surface area (Å²) in [5, 5.41) is 5.68. The Balaban J connectivity index is 1.94. The molecule has 2 amide bonds. The number of rotatable bonds is 5. The van der Waals surface area contributed by atoms with Crippen molar-refractivity contribution < 1.29 is 14.3 Å². The molecule has 0 aliphatic rings. The topological polar surface area (TPSA) is 67.4 Å². The van der Waals surface area contributed by atoms with Crippen LogP contribution in [-0.2, 0) is 14.3 Å². The summed E-state index contributed by atoms with van der Waals surface area (Å²) in [7, 11) is 1.57. The zero-order chi connectivity index (χ0) is 17.7. The third kappa shape index (κ3) is 4.56. The van der Waals surface area contributed by atoms with Gasteiger partial charge in [0.2, 0.25) is 0 Å². The summed E-state index contributed by atoms with van der Waals surface area (Å²) in [6.07, 6.45) is -0.284. The van der Waals surface area contributed by atoms with E-state index in [1.54, 1.807) is 43.6 Å². The molecule has 0 saturated carbocycles. The molecular weight excluding hydrogens is 348 g/mol. The van der Waals surface area contributed by atoms with Crippen molar-refractivity contribution in [2.45, 2.75) is 20.0 Å². The summed E-state index contributed by atoms with van der Waals surface area (Å²) in [5.74, 6) is -1.46. The number of thiophene rings is 1. The van der Waals surface area contributed by atoms with E-state index in [-0.39, 0.29) is 12.6 Å². The Morgan fingerprint density at radius 2 is 1.96 bits per heavy atom. The zero-order valence-electron chi connectivity index (χ0n) is 13.7. The summed E-state index contributed by atoms with van der Waals surface area (Å²) in [6, 6.07) is 9.07. The standard InChI is InChI=1S/C17H19ClN2O3S/c1-10-7-8-15(24-10)14(23-3)9-19-16(21)17(22)20-13-6-4-5-12(18)11(13)2/h4-8,14H,9H2,1-3H3,(H,19,21)(H,20,22). The summed E-state index contributed by atoms with van der Waals surface area (Å²) < 4.78 is 5.38. The van der Waals surface area contributed by atoms with Crippen LogP contribution < -0.4 is 10.6 Å². The molecule has 0 bridgehead atoms. The van der Waals surface area contributed by atoms with Gasteiger partial charge in [-0.3, -0.25) is 9.59 Å². The molecular formula is C17H19ClN2O3S. The van der Waals surface area contributed by atoms with Crippen molar-refractivity contribution >= 4 is 40.4 Å². The number of amides is 2. The molecule has 7 heteroatoms. The van der Waals surface area contributed by atoms with Crippen LogP contribution in [0.4, 0.5) is 5.69 Å². The third-order valence-corrected chi connectivity index (χ3v) is 5.04. The highest BCUT2D eigenvalue weighted by molar-refractivity contribution is 7.12. The van der Waals surface area contributed by atoms with Crippen molar-refractivity contribution in [3.05, 3.63) is 50.7 Å². The van der Waals surface area contributed by atoms with Gasteiger partial charge in [-0.15, -0.1) is 11.3 Å². The SMILES string of the molecule is COC(CNC(=O)C(=O)Nc1cccc(Cl)c1C)c1ccc(C)s1. The molecule has 0 aliphatic carbocycles. The van der Waals surface area contributed by atoms with E-state index < -0.39 is 11.8 Å². The van der Waals surface area contributed by atoms with Crippen LogP contribution in [-0.4, -0.2) is 25.5 Å². The summed E-state index contributed by atoms with van der Waals surface area (Å²) >= 11 is 7.60. The lowest BCUT2D eigenvalue weighted by Gasteiger charge is -2.15. The van der Waals surface area contributed by atoms with Crippen LogP contribution in [0.3, 0.4) is 0 Å². The second-order valence-corrected chi connectivity index (χ2v) is 6.98. The molecule has 24 heavy (non-hydrogen) atoms. The largest absolute Gasteiger partial charge is 0.374 e. The van der Waals surface area contributed by atoms with Crippen LogP contribution in [0.5, 0.6) is 0 Å². The number of hydrogen-bond donors (Lipinski definition) is 2. The van der Waals surface area contributed by atoms with Crippen molar-refractivity contribution in [3.8, 4) is 0 Å². The van der Waals surface area contributed by atoms with Gasteiger partial charge in [0.1, 0.15) is 6.10 Å². The highest BCUT2D eigenvalue weighted by atomic mass is 35.5. The van der Waals surface area contributed by atoms with E-state index >= 15 is 0 Å². The van der Waals surface area contributed by atoms with Gasteiger partial charge in [-0.2, -0.15) is 0 Å². The van der Waals surface area contributed by atoms with E-state index in [9.17, 15) is 9.59 Å². The minimum atomic E-state index is -0.738. The first-order chi connectivity index (χ1) is 11.4. The van der Waals surface area contributed by atoms with Crippen LogP contribution in [0.25, 0.3) is 0 Å². The highest BCUT2D eigenvalue weighted by Gasteiger charge is 2.18. The second-order valence-electron chi connectivity index (χ2n) is 5.25. The van der Waals surface area contributed by atoms with Crippen LogP contribution in [0.2, 0.25) is 5.02 Å². The van der Waals surface area contributed by atoms with Crippen LogP contribution >= 0.6 is 22.9 Å². The fourth-order valence-corrected chi connectivity index (χ4v) is 3.24. The van der Waals surface area contributed by atoms with Crippen molar-refractivity contribution in [3.63, 3.8) is 0 Å². The van der Waals surface area contributed by atoms with Gasteiger partial charge in [0.15, 0.2) is 0 Å². The van der Waals surface area contributed by atoms with E-state index in [2.05, 4.69) is 10.6 Å². The molecule has 2 N–H and O–H groups in total. The Labute approximate surface area is 150 Å². The van der Waals surface area contributed by atoms with Crippen molar-refractivity contribution in [2.75, 3.05) is 19.0 Å². The summed E-state index contributed by atoms with van der Waals surface area (Å²) in [6.45, 7) is 3.99.